The molecule has 1 aromatic heterocycles. The molecule has 0 bridgehead atoms. The van der Waals surface area contributed by atoms with Crippen LogP contribution in [-0.2, 0) is 21.2 Å². The summed E-state index contributed by atoms with van der Waals surface area (Å²) < 4.78 is 28.4. The SMILES string of the molecule is C[C@@H](NCC(=O)Nc1ccccc1C(=O)NCc1ccco1)c1ccc(S(C)(=O)=O)cc1. The highest BCUT2D eigenvalue weighted by Crippen LogP contribution is 2.17. The molecule has 3 N–H and O–H groups in total. The molecule has 0 radical (unpaired) electrons. The van der Waals surface area contributed by atoms with E-state index in [1.54, 1.807) is 60.7 Å². The van der Waals surface area contributed by atoms with Gasteiger partial charge >= 0.3 is 0 Å². The molecule has 0 fully saturated rings. The van der Waals surface area contributed by atoms with Crippen molar-refractivity contribution >= 4 is 27.3 Å². The van der Waals surface area contributed by atoms with E-state index >= 15 is 0 Å². The van der Waals surface area contributed by atoms with Gasteiger partial charge in [0.15, 0.2) is 9.84 Å². The Balaban J connectivity index is 1.56. The van der Waals surface area contributed by atoms with E-state index in [-0.39, 0.29) is 35.8 Å². The molecule has 2 aromatic carbocycles. The zero-order valence-corrected chi connectivity index (χ0v) is 18.6. The fourth-order valence-corrected chi connectivity index (χ4v) is 3.66. The number of sulfone groups is 1. The van der Waals surface area contributed by atoms with Crippen molar-refractivity contribution in [3.8, 4) is 0 Å². The van der Waals surface area contributed by atoms with Crippen LogP contribution in [-0.4, -0.2) is 33.0 Å². The zero-order valence-electron chi connectivity index (χ0n) is 17.8. The van der Waals surface area contributed by atoms with E-state index < -0.39 is 9.84 Å². The van der Waals surface area contributed by atoms with Gasteiger partial charge in [0, 0.05) is 12.3 Å². The molecule has 0 spiro atoms. The average Bonchev–Trinajstić information content (AvgIpc) is 3.29. The molecule has 0 saturated heterocycles. The third kappa shape index (κ3) is 6.29. The summed E-state index contributed by atoms with van der Waals surface area (Å²) in [6.07, 6.45) is 2.69. The first-order chi connectivity index (χ1) is 15.2. The molecule has 1 atom stereocenters. The lowest BCUT2D eigenvalue weighted by molar-refractivity contribution is -0.115. The predicted octanol–water partition coefficient (Wildman–Crippen LogP) is 2.90. The Kier molecular flexibility index (Phi) is 7.45. The molecule has 3 rings (SSSR count). The molecule has 0 unspecified atom stereocenters. The smallest absolute Gasteiger partial charge is 0.253 e. The molecule has 0 aliphatic rings. The molecule has 32 heavy (non-hydrogen) atoms. The Morgan fingerprint density at radius 1 is 1.00 bits per heavy atom. The third-order valence-electron chi connectivity index (χ3n) is 4.83. The first-order valence-electron chi connectivity index (χ1n) is 9.97. The van der Waals surface area contributed by atoms with E-state index in [0.717, 1.165) is 11.8 Å². The van der Waals surface area contributed by atoms with Gasteiger partial charge in [-0.15, -0.1) is 0 Å². The standard InChI is InChI=1S/C23H25N3O5S/c1-16(17-9-11-19(12-10-17)32(2,29)30)24-15-22(27)26-21-8-4-3-7-20(21)23(28)25-14-18-6-5-13-31-18/h3-13,16,24H,14-15H2,1-2H3,(H,25,28)(H,26,27)/t16-/m1/s1. The fourth-order valence-electron chi connectivity index (χ4n) is 3.03. The Morgan fingerprint density at radius 2 is 1.72 bits per heavy atom. The number of anilines is 1. The third-order valence-corrected chi connectivity index (χ3v) is 5.95. The number of benzene rings is 2. The van der Waals surface area contributed by atoms with Crippen molar-refractivity contribution in [2.24, 2.45) is 0 Å². The van der Waals surface area contributed by atoms with E-state index in [1.807, 2.05) is 6.92 Å². The first kappa shape index (κ1) is 23.2. The van der Waals surface area contributed by atoms with Crippen molar-refractivity contribution < 1.29 is 22.4 Å². The second-order valence-corrected chi connectivity index (χ2v) is 9.32. The largest absolute Gasteiger partial charge is 0.467 e. The molecule has 1 heterocycles. The number of hydrogen-bond acceptors (Lipinski definition) is 6. The molecule has 2 amide bonds. The number of para-hydroxylation sites is 1. The summed E-state index contributed by atoms with van der Waals surface area (Å²) >= 11 is 0. The Labute approximate surface area is 186 Å². The molecule has 9 heteroatoms. The van der Waals surface area contributed by atoms with Crippen LogP contribution in [0.3, 0.4) is 0 Å². The van der Waals surface area contributed by atoms with Crippen LogP contribution in [0.25, 0.3) is 0 Å². The highest BCUT2D eigenvalue weighted by atomic mass is 32.2. The minimum absolute atomic E-state index is 0.0113. The fraction of sp³-hybridized carbons (Fsp3) is 0.217. The minimum atomic E-state index is -3.26. The van der Waals surface area contributed by atoms with Gasteiger partial charge in [-0.25, -0.2) is 8.42 Å². The van der Waals surface area contributed by atoms with Crippen LogP contribution in [0.5, 0.6) is 0 Å². The Hall–Kier alpha value is -3.43. The zero-order chi connectivity index (χ0) is 23.1. The topological polar surface area (TPSA) is 118 Å². The molecule has 168 valence electrons. The molecule has 0 saturated carbocycles. The first-order valence-corrected chi connectivity index (χ1v) is 11.9. The van der Waals surface area contributed by atoms with Gasteiger partial charge in [0.1, 0.15) is 5.76 Å². The van der Waals surface area contributed by atoms with Crippen LogP contribution >= 0.6 is 0 Å². The molecular weight excluding hydrogens is 430 g/mol. The highest BCUT2D eigenvalue weighted by Gasteiger charge is 2.15. The van der Waals surface area contributed by atoms with E-state index in [4.69, 9.17) is 4.42 Å². The van der Waals surface area contributed by atoms with Crippen molar-refractivity contribution in [1.29, 1.82) is 0 Å². The van der Waals surface area contributed by atoms with E-state index in [0.29, 0.717) is 17.0 Å². The number of amides is 2. The summed E-state index contributed by atoms with van der Waals surface area (Å²) in [6, 6.07) is 16.6. The molecule has 0 aliphatic heterocycles. The number of rotatable bonds is 9. The van der Waals surface area contributed by atoms with Crippen LogP contribution in [0.2, 0.25) is 0 Å². The highest BCUT2D eigenvalue weighted by molar-refractivity contribution is 7.90. The lowest BCUT2D eigenvalue weighted by Gasteiger charge is -2.15. The lowest BCUT2D eigenvalue weighted by Crippen LogP contribution is -2.31. The van der Waals surface area contributed by atoms with E-state index in [2.05, 4.69) is 16.0 Å². The Bertz CT molecular complexity index is 1170. The number of furan rings is 1. The van der Waals surface area contributed by atoms with Gasteiger partial charge in [0.2, 0.25) is 5.91 Å². The normalized spacial score (nSPS) is 12.2. The lowest BCUT2D eigenvalue weighted by atomic mass is 10.1. The van der Waals surface area contributed by atoms with Crippen LogP contribution in [0, 0.1) is 0 Å². The van der Waals surface area contributed by atoms with Crippen molar-refractivity contribution in [2.45, 2.75) is 24.4 Å². The summed E-state index contributed by atoms with van der Waals surface area (Å²) in [6.45, 7) is 2.13. The van der Waals surface area contributed by atoms with Crippen LogP contribution in [0.15, 0.2) is 76.2 Å². The summed E-state index contributed by atoms with van der Waals surface area (Å²) in [5.74, 6) is -0.0110. The van der Waals surface area contributed by atoms with Crippen LogP contribution < -0.4 is 16.0 Å². The maximum atomic E-state index is 12.5. The summed E-state index contributed by atoms with van der Waals surface area (Å²) in [4.78, 5) is 25.2. The van der Waals surface area contributed by atoms with Gasteiger partial charge in [-0.2, -0.15) is 0 Å². The number of carbonyl (C=O) groups excluding carboxylic acids is 2. The van der Waals surface area contributed by atoms with Crippen molar-refractivity contribution in [3.63, 3.8) is 0 Å². The van der Waals surface area contributed by atoms with Crippen LogP contribution in [0.1, 0.15) is 34.6 Å². The van der Waals surface area contributed by atoms with Crippen molar-refractivity contribution in [3.05, 3.63) is 83.8 Å². The monoisotopic (exact) mass is 455 g/mol. The van der Waals surface area contributed by atoms with Crippen LogP contribution in [0.4, 0.5) is 5.69 Å². The van der Waals surface area contributed by atoms with Gasteiger partial charge in [-0.3, -0.25) is 9.59 Å². The van der Waals surface area contributed by atoms with Gasteiger partial charge in [-0.05, 0) is 48.9 Å². The van der Waals surface area contributed by atoms with E-state index in [1.165, 1.54) is 6.26 Å². The predicted molar refractivity (Wildman–Crippen MR) is 121 cm³/mol. The molecule has 3 aromatic rings. The quantitative estimate of drug-likeness (QED) is 0.457. The second kappa shape index (κ2) is 10.3. The average molecular weight is 456 g/mol. The van der Waals surface area contributed by atoms with E-state index in [9.17, 15) is 18.0 Å². The maximum absolute atomic E-state index is 12.5. The number of hydrogen-bond donors (Lipinski definition) is 3. The number of nitrogens with one attached hydrogen (secondary N) is 3. The van der Waals surface area contributed by atoms with Gasteiger partial charge in [0.25, 0.3) is 5.91 Å². The summed E-state index contributed by atoms with van der Waals surface area (Å²) in [5.41, 5.74) is 1.60. The summed E-state index contributed by atoms with van der Waals surface area (Å²) in [7, 11) is -3.26. The summed E-state index contributed by atoms with van der Waals surface area (Å²) in [5, 5.41) is 8.61. The maximum Gasteiger partial charge on any atom is 0.253 e. The minimum Gasteiger partial charge on any atom is -0.467 e. The molecule has 0 aliphatic carbocycles. The molecule has 8 nitrogen and oxygen atoms in total. The van der Waals surface area contributed by atoms with Gasteiger partial charge < -0.3 is 20.4 Å². The van der Waals surface area contributed by atoms with Gasteiger partial charge in [0.05, 0.1) is 35.5 Å². The van der Waals surface area contributed by atoms with Gasteiger partial charge in [-0.1, -0.05) is 24.3 Å². The number of carbonyl (C=O) groups is 2. The van der Waals surface area contributed by atoms with Crippen molar-refractivity contribution in [1.82, 2.24) is 10.6 Å². The van der Waals surface area contributed by atoms with Crippen molar-refractivity contribution in [2.75, 3.05) is 18.1 Å². The molecular formula is C23H25N3O5S. The Morgan fingerprint density at radius 3 is 2.38 bits per heavy atom. The second-order valence-electron chi connectivity index (χ2n) is 7.30.